The maximum Gasteiger partial charge on any atom is 0.278 e. The van der Waals surface area contributed by atoms with Crippen molar-refractivity contribution in [2.75, 3.05) is 18.4 Å². The molecule has 1 amide bonds. The summed E-state index contributed by atoms with van der Waals surface area (Å²) in [4.78, 5) is 15.3. The van der Waals surface area contributed by atoms with Gasteiger partial charge in [0, 0.05) is 12.2 Å². The Hall–Kier alpha value is -3.12. The van der Waals surface area contributed by atoms with Gasteiger partial charge in [-0.05, 0) is 61.7 Å². The van der Waals surface area contributed by atoms with Crippen molar-refractivity contribution in [1.82, 2.24) is 10.1 Å². The van der Waals surface area contributed by atoms with Gasteiger partial charge in [-0.2, -0.15) is 0 Å². The van der Waals surface area contributed by atoms with Crippen LogP contribution < -0.4 is 10.1 Å². The minimum atomic E-state index is -0.291. The lowest BCUT2D eigenvalue weighted by Crippen LogP contribution is -2.32. The van der Waals surface area contributed by atoms with Crippen molar-refractivity contribution in [2.45, 2.75) is 32.9 Å². The summed E-state index contributed by atoms with van der Waals surface area (Å²) in [5.41, 5.74) is 3.77. The first-order valence-electron chi connectivity index (χ1n) is 10.5. The Labute approximate surface area is 175 Å². The van der Waals surface area contributed by atoms with Gasteiger partial charge in [0.05, 0.1) is 11.1 Å². The topological polar surface area (TPSA) is 67.6 Å². The minimum Gasteiger partial charge on any atom is -0.488 e. The van der Waals surface area contributed by atoms with E-state index < -0.39 is 0 Å². The summed E-state index contributed by atoms with van der Waals surface area (Å²) in [5, 5.41) is 6.94. The molecule has 5 rings (SSSR count). The molecule has 1 aromatic heterocycles. The molecule has 0 spiro atoms. The molecular formula is C24H25N3O3. The Morgan fingerprint density at radius 3 is 2.70 bits per heavy atom. The number of amides is 1. The van der Waals surface area contributed by atoms with Crippen molar-refractivity contribution in [2.24, 2.45) is 5.92 Å². The van der Waals surface area contributed by atoms with Crippen LogP contribution in [0.25, 0.3) is 11.3 Å². The Balaban J connectivity index is 1.26. The molecule has 0 bridgehead atoms. The highest BCUT2D eigenvalue weighted by atomic mass is 16.5. The second kappa shape index (κ2) is 7.95. The molecule has 0 radical (unpaired) electrons. The molecule has 1 N–H and O–H groups in total. The fourth-order valence-corrected chi connectivity index (χ4v) is 4.13. The van der Waals surface area contributed by atoms with Crippen LogP contribution in [0.1, 0.15) is 41.4 Å². The van der Waals surface area contributed by atoms with E-state index in [9.17, 15) is 4.79 Å². The highest BCUT2D eigenvalue weighted by molar-refractivity contribution is 6.04. The van der Waals surface area contributed by atoms with E-state index in [1.165, 1.54) is 18.4 Å². The van der Waals surface area contributed by atoms with Crippen molar-refractivity contribution in [3.05, 3.63) is 65.4 Å². The summed E-state index contributed by atoms with van der Waals surface area (Å²) >= 11 is 0. The zero-order valence-electron chi connectivity index (χ0n) is 17.1. The number of rotatable bonds is 4. The fraction of sp³-hybridized carbons (Fsp3) is 0.333. The van der Waals surface area contributed by atoms with Gasteiger partial charge in [-0.15, -0.1) is 0 Å². The number of para-hydroxylation sites is 1. The number of likely N-dealkylation sites (tertiary alicyclic amines) is 1. The van der Waals surface area contributed by atoms with Gasteiger partial charge in [0.15, 0.2) is 11.5 Å². The largest absolute Gasteiger partial charge is 0.488 e. The predicted octanol–water partition coefficient (Wildman–Crippen LogP) is 4.72. The summed E-state index contributed by atoms with van der Waals surface area (Å²) in [6.45, 7) is 5.86. The number of aromatic nitrogens is 1. The van der Waals surface area contributed by atoms with E-state index in [4.69, 9.17) is 9.26 Å². The van der Waals surface area contributed by atoms with Crippen molar-refractivity contribution < 1.29 is 14.1 Å². The average molecular weight is 403 g/mol. The third kappa shape index (κ3) is 3.71. The number of anilines is 1. The number of hydrogen-bond donors (Lipinski definition) is 1. The molecule has 2 aliphatic heterocycles. The number of piperidine rings is 1. The maximum absolute atomic E-state index is 12.8. The maximum atomic E-state index is 12.8. The lowest BCUT2D eigenvalue weighted by molar-refractivity contribution is 0.101. The van der Waals surface area contributed by atoms with Crippen LogP contribution >= 0.6 is 0 Å². The monoisotopic (exact) mass is 403 g/mol. The van der Waals surface area contributed by atoms with Crippen molar-refractivity contribution in [3.63, 3.8) is 0 Å². The number of ether oxygens (including phenoxy) is 1. The molecule has 30 heavy (non-hydrogen) atoms. The van der Waals surface area contributed by atoms with Crippen LogP contribution in [-0.4, -0.2) is 29.1 Å². The molecule has 0 unspecified atom stereocenters. The van der Waals surface area contributed by atoms with E-state index in [1.54, 1.807) is 0 Å². The SMILES string of the molecule is CC1CCN(Cc2ccc(NC(=O)c3noc4c3COc3ccccc3-4)cc2)CC1. The molecule has 3 heterocycles. The number of nitrogens with zero attached hydrogens (tertiary/aromatic N) is 2. The van der Waals surface area contributed by atoms with Gasteiger partial charge in [-0.3, -0.25) is 9.69 Å². The molecule has 2 aromatic carbocycles. The Bertz CT molecular complexity index is 1050. The molecule has 0 atom stereocenters. The van der Waals surface area contributed by atoms with Gasteiger partial charge in [0.25, 0.3) is 5.91 Å². The number of nitrogens with one attached hydrogen (secondary N) is 1. The van der Waals surface area contributed by atoms with Gasteiger partial charge in [-0.25, -0.2) is 0 Å². The molecule has 3 aromatic rings. The summed E-state index contributed by atoms with van der Waals surface area (Å²) in [6.07, 6.45) is 2.54. The van der Waals surface area contributed by atoms with E-state index in [-0.39, 0.29) is 18.2 Å². The third-order valence-electron chi connectivity index (χ3n) is 6.00. The van der Waals surface area contributed by atoms with Crippen LogP contribution in [0.3, 0.4) is 0 Å². The summed E-state index contributed by atoms with van der Waals surface area (Å²) in [7, 11) is 0. The summed E-state index contributed by atoms with van der Waals surface area (Å²) in [5.74, 6) is 1.89. The molecule has 0 aliphatic carbocycles. The second-order valence-corrected chi connectivity index (χ2v) is 8.23. The highest BCUT2D eigenvalue weighted by Gasteiger charge is 2.28. The summed E-state index contributed by atoms with van der Waals surface area (Å²) < 4.78 is 11.2. The van der Waals surface area contributed by atoms with Crippen LogP contribution in [0, 0.1) is 5.92 Å². The fourth-order valence-electron chi connectivity index (χ4n) is 4.13. The van der Waals surface area contributed by atoms with Crippen LogP contribution in [-0.2, 0) is 13.2 Å². The standard InChI is InChI=1S/C24H25N3O3/c1-16-10-12-27(13-11-16)14-17-6-8-18(9-7-17)25-24(28)22-20-15-29-21-5-3-2-4-19(21)23(20)30-26-22/h2-9,16H,10-15H2,1H3,(H,25,28). The third-order valence-corrected chi connectivity index (χ3v) is 6.00. The zero-order valence-corrected chi connectivity index (χ0v) is 17.1. The first kappa shape index (κ1) is 18.9. The lowest BCUT2D eigenvalue weighted by Gasteiger charge is -2.30. The van der Waals surface area contributed by atoms with Crippen LogP contribution in [0.15, 0.2) is 53.1 Å². The average Bonchev–Trinajstić information content (AvgIpc) is 3.22. The Kier molecular flexibility index (Phi) is 5.01. The van der Waals surface area contributed by atoms with Crippen LogP contribution in [0.5, 0.6) is 5.75 Å². The van der Waals surface area contributed by atoms with Crippen molar-refractivity contribution >= 4 is 11.6 Å². The molecule has 6 heteroatoms. The molecular weight excluding hydrogens is 378 g/mol. The van der Waals surface area contributed by atoms with Crippen LogP contribution in [0.4, 0.5) is 5.69 Å². The zero-order chi connectivity index (χ0) is 20.5. The molecule has 2 aliphatic rings. The number of fused-ring (bicyclic) bond motifs is 3. The van der Waals surface area contributed by atoms with E-state index >= 15 is 0 Å². The van der Waals surface area contributed by atoms with Crippen molar-refractivity contribution in [1.29, 1.82) is 0 Å². The van der Waals surface area contributed by atoms with Crippen molar-refractivity contribution in [3.8, 4) is 17.1 Å². The van der Waals surface area contributed by atoms with E-state index in [0.717, 1.165) is 42.6 Å². The van der Waals surface area contributed by atoms with Gasteiger partial charge in [0.2, 0.25) is 0 Å². The van der Waals surface area contributed by atoms with E-state index in [2.05, 4.69) is 34.4 Å². The van der Waals surface area contributed by atoms with Gasteiger partial charge in [0.1, 0.15) is 12.4 Å². The number of benzene rings is 2. The lowest BCUT2D eigenvalue weighted by atomic mass is 9.99. The smallest absolute Gasteiger partial charge is 0.278 e. The van der Waals surface area contributed by atoms with Gasteiger partial charge >= 0.3 is 0 Å². The predicted molar refractivity (Wildman–Crippen MR) is 114 cm³/mol. The molecule has 1 fully saturated rings. The number of carbonyl (C=O) groups excluding carboxylic acids is 1. The quantitative estimate of drug-likeness (QED) is 0.683. The highest BCUT2D eigenvalue weighted by Crippen LogP contribution is 2.38. The Morgan fingerprint density at radius 1 is 1.13 bits per heavy atom. The minimum absolute atomic E-state index is 0.269. The number of carbonyl (C=O) groups is 1. The normalized spacial score (nSPS) is 16.4. The van der Waals surface area contributed by atoms with Gasteiger partial charge < -0.3 is 14.6 Å². The molecule has 154 valence electrons. The molecule has 6 nitrogen and oxygen atoms in total. The molecule has 0 saturated carbocycles. The first-order valence-corrected chi connectivity index (χ1v) is 10.5. The Morgan fingerprint density at radius 2 is 1.90 bits per heavy atom. The second-order valence-electron chi connectivity index (χ2n) is 8.23. The number of hydrogen-bond acceptors (Lipinski definition) is 5. The van der Waals surface area contributed by atoms with Crippen LogP contribution in [0.2, 0.25) is 0 Å². The van der Waals surface area contributed by atoms with E-state index in [0.29, 0.717) is 11.3 Å². The van der Waals surface area contributed by atoms with Gasteiger partial charge in [-0.1, -0.05) is 36.3 Å². The summed E-state index contributed by atoms with van der Waals surface area (Å²) in [6, 6.07) is 15.6. The molecule has 1 saturated heterocycles. The first-order chi connectivity index (χ1) is 14.7. The van der Waals surface area contributed by atoms with E-state index in [1.807, 2.05) is 36.4 Å².